The number of hydrogen-bond acceptors (Lipinski definition) is 11. The van der Waals surface area contributed by atoms with Gasteiger partial charge in [-0.2, -0.15) is 0 Å². The second kappa shape index (κ2) is 16.6. The first kappa shape index (κ1) is 35.1. The number of amides is 1. The van der Waals surface area contributed by atoms with E-state index in [1.165, 1.54) is 26.8 Å². The van der Waals surface area contributed by atoms with Crippen molar-refractivity contribution in [1.82, 2.24) is 4.98 Å². The highest BCUT2D eigenvalue weighted by Gasteiger charge is 2.47. The van der Waals surface area contributed by atoms with Crippen LogP contribution in [-0.4, -0.2) is 80.5 Å². The van der Waals surface area contributed by atoms with Crippen molar-refractivity contribution in [2.45, 2.75) is 102 Å². The molecule has 1 fully saturated rings. The largest absolute Gasteiger partial charge is 0.463 e. The minimum Gasteiger partial charge on any atom is -0.463 e. The number of aliphatic hydroxyl groups excluding tert-OH is 3. The molecule has 0 bridgehead atoms. The van der Waals surface area contributed by atoms with Gasteiger partial charge in [0.15, 0.2) is 0 Å². The third-order valence-electron chi connectivity index (χ3n) is 7.66. The Bertz CT molecular complexity index is 1270. The summed E-state index contributed by atoms with van der Waals surface area (Å²) in [5, 5.41) is 46.1. The van der Waals surface area contributed by atoms with Crippen LogP contribution < -0.4 is 10.9 Å². The van der Waals surface area contributed by atoms with E-state index >= 15 is 0 Å². The molecule has 6 N–H and O–H groups in total. The maximum atomic E-state index is 12.2. The number of hydrogen-bond donors (Lipinski definition) is 6. The molecular formula is C30H44N2O9S2. The smallest absolute Gasteiger partial charge is 0.330 e. The third-order valence-corrected chi connectivity index (χ3v) is 9.76. The van der Waals surface area contributed by atoms with Crippen molar-refractivity contribution in [3.8, 4) is 10.6 Å². The molecule has 3 aliphatic rings. The number of H-pyrrole nitrogens is 1. The number of unbranched alkanes of at least 4 members (excludes halogenated alkanes) is 4. The van der Waals surface area contributed by atoms with E-state index in [2.05, 4.69) is 10.3 Å². The Hall–Kier alpha value is -2.39. The molecule has 1 saturated heterocycles. The van der Waals surface area contributed by atoms with E-state index in [0.29, 0.717) is 30.5 Å². The molecular weight excluding hydrogens is 596 g/mol. The maximum absolute atomic E-state index is 12.2. The van der Waals surface area contributed by atoms with Gasteiger partial charge >= 0.3 is 5.97 Å². The number of carbonyl (C=O) groups is 2. The zero-order valence-electron chi connectivity index (χ0n) is 24.9. The SMILES string of the molecule is C/C(=C\C(=O)OCCCCCCCC(=O)Nc1c2sscc-2[nH]c1=O)C[C@@H]1OC[C@](O)(C/C=C/[C@@H](C)[C@H](C)O)[C@@H](O)[C@H]1O. The number of fused-ring (bicyclic) bond motifs is 1. The highest BCUT2D eigenvalue weighted by atomic mass is 32.9. The predicted octanol–water partition coefficient (Wildman–Crippen LogP) is 3.58. The monoisotopic (exact) mass is 640 g/mol. The number of anilines is 1. The average molecular weight is 641 g/mol. The third kappa shape index (κ3) is 10.3. The molecule has 3 rings (SSSR count). The van der Waals surface area contributed by atoms with Crippen molar-refractivity contribution in [3.05, 3.63) is 39.5 Å². The van der Waals surface area contributed by atoms with Crippen molar-refractivity contribution in [3.63, 3.8) is 0 Å². The van der Waals surface area contributed by atoms with Crippen molar-refractivity contribution in [2.75, 3.05) is 18.5 Å². The molecule has 43 heavy (non-hydrogen) atoms. The Balaban J connectivity index is 1.27. The summed E-state index contributed by atoms with van der Waals surface area (Å²) < 4.78 is 10.9. The van der Waals surface area contributed by atoms with E-state index in [9.17, 15) is 34.8 Å². The molecule has 3 aliphatic heterocycles. The number of aliphatic hydroxyl groups is 4. The standard InChI is InChI=1S/C30H44N2O9S2/c1-18(14-22-26(36)28(37)30(39,17-41-22)12-9-10-19(2)20(3)33)15-24(35)40-13-8-6-4-5-7-11-23(34)32-25-27-21(16-42-43-27)31-29(25)38/h9-10,15-16,19-20,22,26,28,33,36-37,39H,4-8,11-14,17H2,1-3H3,(H,31,38)(H,32,34)/b10-9+,18-15+/t19-,20+,22+,26+,28+,30-/m1/s1. The van der Waals surface area contributed by atoms with E-state index in [0.717, 1.165) is 29.8 Å². The van der Waals surface area contributed by atoms with Gasteiger partial charge in [-0.25, -0.2) is 4.79 Å². The second-order valence-corrected chi connectivity index (χ2v) is 13.5. The zero-order chi connectivity index (χ0) is 31.6. The van der Waals surface area contributed by atoms with Crippen molar-refractivity contribution in [2.24, 2.45) is 5.92 Å². The molecule has 0 unspecified atom stereocenters. The van der Waals surface area contributed by atoms with Gasteiger partial charge in [-0.15, -0.1) is 0 Å². The van der Waals surface area contributed by atoms with Crippen LogP contribution in [0.25, 0.3) is 10.6 Å². The van der Waals surface area contributed by atoms with Gasteiger partial charge in [0.25, 0.3) is 5.56 Å². The Morgan fingerprint density at radius 2 is 1.95 bits per heavy atom. The topological polar surface area (TPSA) is 178 Å². The van der Waals surface area contributed by atoms with E-state index in [-0.39, 0.29) is 43.4 Å². The average Bonchev–Trinajstić information content (AvgIpc) is 3.52. The molecule has 6 atom stereocenters. The van der Waals surface area contributed by atoms with Crippen LogP contribution in [0.2, 0.25) is 0 Å². The lowest BCUT2D eigenvalue weighted by atomic mass is 9.83. The molecule has 0 aromatic carbocycles. The van der Waals surface area contributed by atoms with Gasteiger partial charge in [-0.05, 0) is 45.4 Å². The van der Waals surface area contributed by atoms with Crippen LogP contribution in [0, 0.1) is 5.92 Å². The quantitative estimate of drug-likeness (QED) is 0.0526. The predicted molar refractivity (Wildman–Crippen MR) is 166 cm³/mol. The molecule has 240 valence electrons. The zero-order valence-corrected chi connectivity index (χ0v) is 26.5. The minimum atomic E-state index is -1.66. The van der Waals surface area contributed by atoms with Crippen LogP contribution in [0.1, 0.15) is 72.1 Å². The molecule has 0 spiro atoms. The summed E-state index contributed by atoms with van der Waals surface area (Å²) in [5.74, 6) is -0.804. The first-order valence-electron chi connectivity index (χ1n) is 14.7. The Morgan fingerprint density at radius 3 is 2.70 bits per heavy atom. The molecule has 0 aromatic rings. The van der Waals surface area contributed by atoms with E-state index < -0.39 is 36.0 Å². The fourth-order valence-electron chi connectivity index (χ4n) is 4.76. The molecule has 3 heterocycles. The Kier molecular flexibility index (Phi) is 13.6. The number of carbonyl (C=O) groups excluding carboxylic acids is 2. The summed E-state index contributed by atoms with van der Waals surface area (Å²) in [6.07, 6.45) is 5.15. The van der Waals surface area contributed by atoms with Crippen molar-refractivity contribution < 1.29 is 39.5 Å². The number of aromatic nitrogens is 1. The summed E-state index contributed by atoms with van der Waals surface area (Å²) in [7, 11) is 2.95. The van der Waals surface area contributed by atoms with Crippen LogP contribution in [0.3, 0.4) is 0 Å². The molecule has 0 aromatic heterocycles. The van der Waals surface area contributed by atoms with E-state index in [4.69, 9.17) is 9.47 Å². The lowest BCUT2D eigenvalue weighted by Gasteiger charge is -2.43. The van der Waals surface area contributed by atoms with E-state index in [1.807, 2.05) is 12.3 Å². The summed E-state index contributed by atoms with van der Waals surface area (Å²) in [4.78, 5) is 39.9. The van der Waals surface area contributed by atoms with Crippen LogP contribution in [-0.2, 0) is 19.1 Å². The van der Waals surface area contributed by atoms with Gasteiger partial charge < -0.3 is 40.2 Å². The lowest BCUT2D eigenvalue weighted by Crippen LogP contribution is -2.61. The molecule has 0 aliphatic carbocycles. The summed E-state index contributed by atoms with van der Waals surface area (Å²) >= 11 is 0. The Labute approximate surface area is 259 Å². The summed E-state index contributed by atoms with van der Waals surface area (Å²) in [5.41, 5.74) is -0.252. The summed E-state index contributed by atoms with van der Waals surface area (Å²) in [6.45, 7) is 5.28. The first-order valence-corrected chi connectivity index (χ1v) is 16.9. The highest BCUT2D eigenvalue weighted by molar-refractivity contribution is 7.70. The van der Waals surface area contributed by atoms with Gasteiger partial charge in [0.2, 0.25) is 5.91 Å². The van der Waals surface area contributed by atoms with Gasteiger partial charge in [-0.3, -0.25) is 9.59 Å². The molecule has 0 saturated carbocycles. The van der Waals surface area contributed by atoms with Crippen molar-refractivity contribution in [1.29, 1.82) is 0 Å². The van der Waals surface area contributed by atoms with Crippen LogP contribution >= 0.6 is 20.7 Å². The molecule has 11 nitrogen and oxygen atoms in total. The molecule has 13 heteroatoms. The maximum Gasteiger partial charge on any atom is 0.330 e. The van der Waals surface area contributed by atoms with Crippen LogP contribution in [0.15, 0.2) is 34.0 Å². The number of aromatic amines is 1. The van der Waals surface area contributed by atoms with Gasteiger partial charge in [0.1, 0.15) is 23.5 Å². The van der Waals surface area contributed by atoms with Gasteiger partial charge in [0.05, 0.1) is 36.0 Å². The fraction of sp³-hybridized carbons (Fsp3) is 0.633. The fourth-order valence-corrected chi connectivity index (χ4v) is 6.92. The van der Waals surface area contributed by atoms with Crippen LogP contribution in [0.4, 0.5) is 5.69 Å². The molecule has 0 radical (unpaired) electrons. The van der Waals surface area contributed by atoms with Crippen molar-refractivity contribution >= 4 is 38.2 Å². The summed E-state index contributed by atoms with van der Waals surface area (Å²) in [6, 6.07) is 0. The highest BCUT2D eigenvalue weighted by Crippen LogP contribution is 2.35. The number of rotatable bonds is 16. The van der Waals surface area contributed by atoms with Gasteiger partial charge in [-0.1, -0.05) is 64.6 Å². The van der Waals surface area contributed by atoms with Gasteiger partial charge in [0, 0.05) is 17.9 Å². The number of ether oxygens (including phenoxy) is 2. The lowest BCUT2D eigenvalue weighted by molar-refractivity contribution is -0.232. The molecule has 1 amide bonds. The number of esters is 1. The minimum absolute atomic E-state index is 0.0577. The normalized spacial score (nSPS) is 24.3. The Morgan fingerprint density at radius 1 is 1.23 bits per heavy atom. The second-order valence-electron chi connectivity index (χ2n) is 11.4. The first-order chi connectivity index (χ1) is 20.4. The van der Waals surface area contributed by atoms with E-state index in [1.54, 1.807) is 26.0 Å². The number of nitrogens with one attached hydrogen (secondary N) is 2. The van der Waals surface area contributed by atoms with Crippen LogP contribution in [0.5, 0.6) is 0 Å².